The Bertz CT molecular complexity index is 685. The first-order valence-electron chi connectivity index (χ1n) is 7.42. The summed E-state index contributed by atoms with van der Waals surface area (Å²) in [6, 6.07) is 6.98. The zero-order valence-corrected chi connectivity index (χ0v) is 13.1. The Morgan fingerprint density at radius 1 is 1.55 bits per heavy atom. The first-order chi connectivity index (χ1) is 10.6. The van der Waals surface area contributed by atoms with Gasteiger partial charge >= 0.3 is 6.03 Å². The van der Waals surface area contributed by atoms with Crippen LogP contribution in [0.25, 0.3) is 11.0 Å². The molecule has 2 aromatic rings. The van der Waals surface area contributed by atoms with E-state index in [0.29, 0.717) is 23.9 Å². The molecule has 5 nitrogen and oxygen atoms in total. The molecular weight excluding hydrogens is 304 g/mol. The number of aliphatic hydroxyl groups excluding tert-OH is 1. The first-order valence-corrected chi connectivity index (χ1v) is 7.80. The first kappa shape index (κ1) is 15.2. The van der Waals surface area contributed by atoms with Gasteiger partial charge < -0.3 is 19.7 Å². The maximum Gasteiger partial charge on any atom is 0.317 e. The van der Waals surface area contributed by atoms with Crippen molar-refractivity contribution in [2.75, 3.05) is 19.7 Å². The summed E-state index contributed by atoms with van der Waals surface area (Å²) in [4.78, 5) is 14.0. The van der Waals surface area contributed by atoms with Crippen molar-refractivity contribution in [1.29, 1.82) is 0 Å². The molecule has 1 aromatic carbocycles. The second kappa shape index (κ2) is 6.18. The number of nitrogens with one attached hydrogen (secondary N) is 1. The molecule has 2 N–H and O–H groups in total. The predicted molar refractivity (Wildman–Crippen MR) is 84.9 cm³/mol. The molecule has 22 heavy (non-hydrogen) atoms. The lowest BCUT2D eigenvalue weighted by Gasteiger charge is -2.19. The van der Waals surface area contributed by atoms with Crippen LogP contribution in [-0.2, 0) is 0 Å². The van der Waals surface area contributed by atoms with Gasteiger partial charge in [-0.15, -0.1) is 0 Å². The van der Waals surface area contributed by atoms with Crippen LogP contribution in [0.1, 0.15) is 25.1 Å². The summed E-state index contributed by atoms with van der Waals surface area (Å²) in [5.41, 5.74) is 0.752. The van der Waals surface area contributed by atoms with Crippen LogP contribution in [0.2, 0.25) is 5.02 Å². The fourth-order valence-corrected chi connectivity index (χ4v) is 2.94. The highest BCUT2D eigenvalue weighted by molar-refractivity contribution is 6.31. The summed E-state index contributed by atoms with van der Waals surface area (Å²) in [7, 11) is 0. The predicted octanol–water partition coefficient (Wildman–Crippen LogP) is 3.17. The number of hydrogen-bond donors (Lipinski definition) is 2. The molecule has 0 saturated carbocycles. The zero-order valence-electron chi connectivity index (χ0n) is 12.4. The minimum Gasteiger partial charge on any atom is -0.459 e. The van der Waals surface area contributed by atoms with Crippen molar-refractivity contribution >= 4 is 28.6 Å². The Labute approximate surface area is 133 Å². The van der Waals surface area contributed by atoms with Crippen molar-refractivity contribution < 1.29 is 14.3 Å². The lowest BCUT2D eigenvalue weighted by Crippen LogP contribution is -2.39. The smallest absolute Gasteiger partial charge is 0.317 e. The maximum atomic E-state index is 12.2. The third-order valence-electron chi connectivity index (χ3n) is 4.10. The molecular formula is C16H19ClN2O3. The number of carbonyl (C=O) groups excluding carboxylic acids is 1. The molecule has 0 bridgehead atoms. The second-order valence-corrected chi connectivity index (χ2v) is 6.22. The number of halogens is 1. The van der Waals surface area contributed by atoms with Gasteiger partial charge in [0, 0.05) is 36.0 Å². The van der Waals surface area contributed by atoms with E-state index in [-0.39, 0.29) is 24.6 Å². The van der Waals surface area contributed by atoms with Gasteiger partial charge in [0.25, 0.3) is 0 Å². The van der Waals surface area contributed by atoms with Gasteiger partial charge in [-0.25, -0.2) is 4.79 Å². The van der Waals surface area contributed by atoms with Gasteiger partial charge in [-0.3, -0.25) is 0 Å². The van der Waals surface area contributed by atoms with Crippen molar-refractivity contribution in [3.63, 3.8) is 0 Å². The Morgan fingerprint density at radius 3 is 3.09 bits per heavy atom. The van der Waals surface area contributed by atoms with Crippen LogP contribution >= 0.6 is 11.6 Å². The van der Waals surface area contributed by atoms with Crippen molar-refractivity contribution in [3.8, 4) is 0 Å². The molecule has 1 aliphatic heterocycles. The van der Waals surface area contributed by atoms with Crippen LogP contribution in [0.4, 0.5) is 4.79 Å². The number of hydrogen-bond acceptors (Lipinski definition) is 3. The van der Waals surface area contributed by atoms with E-state index in [2.05, 4.69) is 5.32 Å². The van der Waals surface area contributed by atoms with Gasteiger partial charge in [0.1, 0.15) is 11.3 Å². The summed E-state index contributed by atoms with van der Waals surface area (Å²) in [5, 5.41) is 13.7. The number of carbonyl (C=O) groups is 1. The van der Waals surface area contributed by atoms with Crippen LogP contribution in [0.15, 0.2) is 28.7 Å². The third-order valence-corrected chi connectivity index (χ3v) is 4.33. The van der Waals surface area contributed by atoms with Crippen molar-refractivity contribution in [2.24, 2.45) is 5.92 Å². The Balaban J connectivity index is 1.67. The van der Waals surface area contributed by atoms with Crippen LogP contribution in [0.5, 0.6) is 0 Å². The molecule has 2 amide bonds. The third kappa shape index (κ3) is 3.05. The SMILES string of the molecule is CC(NC(=O)N1CCC(CO)C1)c1cc2cc(Cl)ccc2o1. The number of fused-ring (bicyclic) bond motifs is 1. The number of nitrogens with zero attached hydrogens (tertiary/aromatic N) is 1. The van der Waals surface area contributed by atoms with Gasteiger partial charge in [-0.1, -0.05) is 11.6 Å². The van der Waals surface area contributed by atoms with E-state index >= 15 is 0 Å². The van der Waals surface area contributed by atoms with Gasteiger partial charge in [0.2, 0.25) is 0 Å². The lowest BCUT2D eigenvalue weighted by molar-refractivity contribution is 0.194. The largest absolute Gasteiger partial charge is 0.459 e. The molecule has 1 saturated heterocycles. The molecule has 1 aliphatic rings. The molecule has 0 spiro atoms. The van der Waals surface area contributed by atoms with E-state index in [9.17, 15) is 4.79 Å². The molecule has 2 heterocycles. The highest BCUT2D eigenvalue weighted by Gasteiger charge is 2.27. The number of amides is 2. The number of furan rings is 1. The Kier molecular flexibility index (Phi) is 4.27. The fraction of sp³-hybridized carbons (Fsp3) is 0.438. The molecule has 2 atom stereocenters. The lowest BCUT2D eigenvalue weighted by atomic mass is 10.1. The number of urea groups is 1. The molecule has 0 radical (unpaired) electrons. The second-order valence-electron chi connectivity index (χ2n) is 5.79. The van der Waals surface area contributed by atoms with E-state index in [1.54, 1.807) is 11.0 Å². The Hall–Kier alpha value is -1.72. The quantitative estimate of drug-likeness (QED) is 0.912. The van der Waals surface area contributed by atoms with Gasteiger partial charge in [0.15, 0.2) is 0 Å². The highest BCUT2D eigenvalue weighted by Crippen LogP contribution is 2.26. The van der Waals surface area contributed by atoms with Crippen molar-refractivity contribution in [1.82, 2.24) is 10.2 Å². The molecule has 0 aliphatic carbocycles. The minimum absolute atomic E-state index is 0.123. The van der Waals surface area contributed by atoms with Crippen molar-refractivity contribution in [2.45, 2.75) is 19.4 Å². The van der Waals surface area contributed by atoms with Crippen LogP contribution < -0.4 is 5.32 Å². The average Bonchev–Trinajstić information content (AvgIpc) is 3.13. The highest BCUT2D eigenvalue weighted by atomic mass is 35.5. The average molecular weight is 323 g/mol. The topological polar surface area (TPSA) is 65.7 Å². The summed E-state index contributed by atoms with van der Waals surface area (Å²) in [6.07, 6.45) is 0.849. The summed E-state index contributed by atoms with van der Waals surface area (Å²) in [6.45, 7) is 3.30. The molecule has 1 fully saturated rings. The van der Waals surface area contributed by atoms with E-state index in [1.165, 1.54) is 0 Å². The molecule has 3 rings (SSSR count). The fourth-order valence-electron chi connectivity index (χ4n) is 2.76. The van der Waals surface area contributed by atoms with Gasteiger partial charge in [0.05, 0.1) is 6.04 Å². The standard InChI is InChI=1S/C16H19ClN2O3/c1-10(18-16(21)19-5-4-11(8-19)9-20)15-7-12-6-13(17)2-3-14(12)22-15/h2-3,6-7,10-11,20H,4-5,8-9H2,1H3,(H,18,21). The monoisotopic (exact) mass is 322 g/mol. The zero-order chi connectivity index (χ0) is 15.7. The number of rotatable bonds is 3. The van der Waals surface area contributed by atoms with Gasteiger partial charge in [-0.2, -0.15) is 0 Å². The van der Waals surface area contributed by atoms with Crippen LogP contribution in [0, 0.1) is 5.92 Å². The summed E-state index contributed by atoms with van der Waals surface area (Å²) in [5.74, 6) is 0.887. The summed E-state index contributed by atoms with van der Waals surface area (Å²) >= 11 is 5.97. The van der Waals surface area contributed by atoms with E-state index in [1.807, 2.05) is 25.1 Å². The maximum absolute atomic E-state index is 12.2. The number of aliphatic hydroxyl groups is 1. The van der Waals surface area contributed by atoms with Gasteiger partial charge in [-0.05, 0) is 37.6 Å². The minimum atomic E-state index is -0.230. The number of benzene rings is 1. The molecule has 6 heteroatoms. The van der Waals surface area contributed by atoms with E-state index in [4.69, 9.17) is 21.1 Å². The Morgan fingerprint density at radius 2 is 2.36 bits per heavy atom. The summed E-state index contributed by atoms with van der Waals surface area (Å²) < 4.78 is 5.76. The van der Waals surface area contributed by atoms with Crippen LogP contribution in [-0.4, -0.2) is 35.7 Å². The van der Waals surface area contributed by atoms with E-state index in [0.717, 1.165) is 17.4 Å². The molecule has 2 unspecified atom stereocenters. The van der Waals surface area contributed by atoms with Crippen molar-refractivity contribution in [3.05, 3.63) is 35.0 Å². The molecule has 1 aromatic heterocycles. The van der Waals surface area contributed by atoms with Crippen LogP contribution in [0.3, 0.4) is 0 Å². The van der Waals surface area contributed by atoms with E-state index < -0.39 is 0 Å². The normalized spacial score (nSPS) is 19.6. The number of likely N-dealkylation sites (tertiary alicyclic amines) is 1. The molecule has 118 valence electrons.